The smallest absolute Gasteiger partial charge is 0.303 e. The Morgan fingerprint density at radius 3 is 1.79 bits per heavy atom. The summed E-state index contributed by atoms with van der Waals surface area (Å²) in [7, 11) is 2.98. The van der Waals surface area contributed by atoms with Crippen LogP contribution in [0.5, 0.6) is 23.0 Å². The highest BCUT2D eigenvalue weighted by Gasteiger charge is 2.32. The molecule has 178 valence electrons. The highest BCUT2D eigenvalue weighted by Crippen LogP contribution is 2.44. The first-order chi connectivity index (χ1) is 15.9. The lowest BCUT2D eigenvalue weighted by atomic mass is 9.96. The van der Waals surface area contributed by atoms with Crippen molar-refractivity contribution in [2.75, 3.05) is 40.6 Å². The number of hydrogen-bond donors (Lipinski definition) is 0. The first kappa shape index (κ1) is 24.2. The van der Waals surface area contributed by atoms with E-state index in [0.29, 0.717) is 53.9 Å². The Bertz CT molecular complexity index is 930. The largest absolute Gasteiger partial charge is 0.493 e. The molecule has 4 bridgehead atoms. The minimum absolute atomic E-state index is 0.254. The summed E-state index contributed by atoms with van der Waals surface area (Å²) in [4.78, 5) is 24.0. The fourth-order valence-electron chi connectivity index (χ4n) is 3.45. The zero-order chi connectivity index (χ0) is 23.8. The van der Waals surface area contributed by atoms with E-state index in [0.717, 1.165) is 0 Å². The summed E-state index contributed by atoms with van der Waals surface area (Å²) >= 11 is 0. The fourth-order valence-corrected chi connectivity index (χ4v) is 3.45. The van der Waals surface area contributed by atoms with Gasteiger partial charge in [-0.3, -0.25) is 9.59 Å². The van der Waals surface area contributed by atoms with Crippen LogP contribution in [-0.2, 0) is 23.8 Å². The molecule has 0 spiro atoms. The van der Waals surface area contributed by atoms with E-state index in [9.17, 15) is 9.59 Å². The molecule has 2 aromatic rings. The van der Waals surface area contributed by atoms with Crippen molar-refractivity contribution in [1.29, 1.82) is 0 Å². The number of methoxy groups -OCH3 is 2. The first-order valence-corrected chi connectivity index (χ1v) is 10.5. The quantitative estimate of drug-likeness (QED) is 0.636. The molecule has 0 saturated heterocycles. The molecule has 0 saturated carbocycles. The number of ether oxygens (including phenoxy) is 7. The molecule has 0 unspecified atom stereocenters. The molecular formula is C24H28O9. The number of rotatable bonds is 4. The molecule has 2 aromatic carbocycles. The molecule has 4 aliphatic rings. The van der Waals surface area contributed by atoms with Crippen molar-refractivity contribution in [2.45, 2.75) is 26.1 Å². The molecule has 0 N–H and O–H groups in total. The topological polar surface area (TPSA) is 98.8 Å². The predicted molar refractivity (Wildman–Crippen MR) is 117 cm³/mol. The van der Waals surface area contributed by atoms with Gasteiger partial charge in [0.05, 0.1) is 27.4 Å². The maximum absolute atomic E-state index is 12.0. The van der Waals surface area contributed by atoms with Crippen LogP contribution in [0, 0.1) is 0 Å². The van der Waals surface area contributed by atoms with Gasteiger partial charge in [0.2, 0.25) is 5.75 Å². The van der Waals surface area contributed by atoms with Crippen LogP contribution in [0.2, 0.25) is 0 Å². The molecule has 33 heavy (non-hydrogen) atoms. The van der Waals surface area contributed by atoms with E-state index >= 15 is 0 Å². The highest BCUT2D eigenvalue weighted by atomic mass is 16.6. The summed E-state index contributed by atoms with van der Waals surface area (Å²) in [5.74, 6) is 0.665. The van der Waals surface area contributed by atoms with Crippen molar-refractivity contribution < 1.29 is 42.7 Å². The van der Waals surface area contributed by atoms with Gasteiger partial charge in [-0.1, -0.05) is 12.1 Å². The summed E-state index contributed by atoms with van der Waals surface area (Å²) in [5, 5.41) is 0. The molecule has 0 aromatic heterocycles. The van der Waals surface area contributed by atoms with Crippen LogP contribution >= 0.6 is 0 Å². The van der Waals surface area contributed by atoms with Crippen LogP contribution < -0.4 is 18.9 Å². The lowest BCUT2D eigenvalue weighted by Crippen LogP contribution is -2.22. The second-order valence-corrected chi connectivity index (χ2v) is 7.19. The highest BCUT2D eigenvalue weighted by molar-refractivity contribution is 5.68. The van der Waals surface area contributed by atoms with Crippen molar-refractivity contribution in [3.63, 3.8) is 0 Å². The van der Waals surface area contributed by atoms with E-state index in [1.807, 2.05) is 0 Å². The zero-order valence-electron chi connectivity index (χ0n) is 19.1. The SMILES string of the molecule is COc1cc2cc(OC)c1OCCOCCOc1ccc(cc1)[C@@H](OC(C)=O)[C@H]2OC(C)=O. The third-order valence-corrected chi connectivity index (χ3v) is 4.85. The Balaban J connectivity index is 2.16. The molecule has 9 heteroatoms. The molecule has 2 atom stereocenters. The molecule has 4 heterocycles. The molecule has 4 aliphatic heterocycles. The van der Waals surface area contributed by atoms with Crippen LogP contribution in [0.1, 0.15) is 37.2 Å². The molecule has 0 aliphatic carbocycles. The van der Waals surface area contributed by atoms with Crippen LogP contribution in [0.15, 0.2) is 36.4 Å². The number of carbonyl (C=O) groups excluding carboxylic acids is 2. The molecular weight excluding hydrogens is 432 g/mol. The van der Waals surface area contributed by atoms with Gasteiger partial charge in [0.25, 0.3) is 0 Å². The summed E-state index contributed by atoms with van der Waals surface area (Å²) in [6.45, 7) is 3.90. The van der Waals surface area contributed by atoms with Gasteiger partial charge in [0.15, 0.2) is 23.7 Å². The van der Waals surface area contributed by atoms with Crippen molar-refractivity contribution in [3.8, 4) is 23.0 Å². The van der Waals surface area contributed by atoms with E-state index in [2.05, 4.69) is 0 Å². The Morgan fingerprint density at radius 1 is 0.758 bits per heavy atom. The second kappa shape index (κ2) is 11.4. The Labute approximate surface area is 192 Å². The lowest BCUT2D eigenvalue weighted by Gasteiger charge is -2.28. The number of carbonyl (C=O) groups is 2. The minimum atomic E-state index is -0.978. The monoisotopic (exact) mass is 460 g/mol. The Morgan fingerprint density at radius 2 is 1.27 bits per heavy atom. The predicted octanol–water partition coefficient (Wildman–Crippen LogP) is 3.40. The van der Waals surface area contributed by atoms with Crippen LogP contribution in [0.4, 0.5) is 0 Å². The summed E-state index contributed by atoms with van der Waals surface area (Å²) in [5.41, 5.74) is 1.11. The van der Waals surface area contributed by atoms with Crippen molar-refractivity contribution in [2.24, 2.45) is 0 Å². The molecule has 0 fully saturated rings. The maximum Gasteiger partial charge on any atom is 0.303 e. The maximum atomic E-state index is 12.0. The summed E-state index contributed by atoms with van der Waals surface area (Å²) < 4.78 is 39.4. The Hall–Kier alpha value is -3.46. The summed E-state index contributed by atoms with van der Waals surface area (Å²) in [6.07, 6.45) is -1.91. The van der Waals surface area contributed by atoms with Crippen LogP contribution in [0.3, 0.4) is 0 Å². The molecule has 9 nitrogen and oxygen atoms in total. The standard InChI is InChI=1S/C24H28O9/c1-15(25)32-22-17-5-7-19(8-6-17)30-11-9-29-10-12-31-24-20(27-3)13-18(14-21(24)28-4)23(22)33-16(2)26/h5-8,13-14,22-23H,9-12H2,1-4H3/t22-,23+/m1/s1. The van der Waals surface area contributed by atoms with E-state index < -0.39 is 24.1 Å². The number of benzene rings is 2. The van der Waals surface area contributed by atoms with Gasteiger partial charge in [-0.25, -0.2) is 0 Å². The minimum Gasteiger partial charge on any atom is -0.493 e. The van der Waals surface area contributed by atoms with Crippen molar-refractivity contribution in [3.05, 3.63) is 47.5 Å². The molecule has 0 amide bonds. The van der Waals surface area contributed by atoms with E-state index in [1.165, 1.54) is 28.1 Å². The lowest BCUT2D eigenvalue weighted by molar-refractivity contribution is -0.166. The second-order valence-electron chi connectivity index (χ2n) is 7.19. The third kappa shape index (κ3) is 6.29. The Kier molecular flexibility index (Phi) is 8.37. The van der Waals surface area contributed by atoms with E-state index in [1.54, 1.807) is 36.4 Å². The van der Waals surface area contributed by atoms with Crippen LogP contribution in [-0.4, -0.2) is 52.6 Å². The van der Waals surface area contributed by atoms with Crippen molar-refractivity contribution in [1.82, 2.24) is 0 Å². The normalized spacial score (nSPS) is 18.4. The van der Waals surface area contributed by atoms with Gasteiger partial charge in [-0.15, -0.1) is 0 Å². The molecule has 6 rings (SSSR count). The van der Waals surface area contributed by atoms with Gasteiger partial charge in [0.1, 0.15) is 19.0 Å². The average Bonchev–Trinajstić information content (AvgIpc) is 2.80. The molecule has 0 radical (unpaired) electrons. The van der Waals surface area contributed by atoms with E-state index in [-0.39, 0.29) is 6.61 Å². The third-order valence-electron chi connectivity index (χ3n) is 4.85. The van der Waals surface area contributed by atoms with Crippen molar-refractivity contribution >= 4 is 11.9 Å². The number of hydrogen-bond acceptors (Lipinski definition) is 9. The van der Waals surface area contributed by atoms with Gasteiger partial charge >= 0.3 is 11.9 Å². The zero-order valence-corrected chi connectivity index (χ0v) is 19.1. The van der Waals surface area contributed by atoms with Gasteiger partial charge < -0.3 is 33.2 Å². The number of esters is 2. The fraction of sp³-hybridized carbons (Fsp3) is 0.417. The van der Waals surface area contributed by atoms with Gasteiger partial charge in [-0.2, -0.15) is 0 Å². The first-order valence-electron chi connectivity index (χ1n) is 10.5. The van der Waals surface area contributed by atoms with Crippen LogP contribution in [0.25, 0.3) is 0 Å². The van der Waals surface area contributed by atoms with Gasteiger partial charge in [0, 0.05) is 19.4 Å². The summed E-state index contributed by atoms with van der Waals surface area (Å²) in [6, 6.07) is 10.3. The average molecular weight is 460 g/mol. The van der Waals surface area contributed by atoms with Gasteiger partial charge in [-0.05, 0) is 29.8 Å². The van der Waals surface area contributed by atoms with E-state index in [4.69, 9.17) is 33.2 Å².